The number of ether oxygens (including phenoxy) is 6. The van der Waals surface area contributed by atoms with E-state index in [9.17, 15) is 20.2 Å². The van der Waals surface area contributed by atoms with Gasteiger partial charge in [0, 0.05) is 12.1 Å². The highest BCUT2D eigenvalue weighted by Gasteiger charge is 2.19. The van der Waals surface area contributed by atoms with Gasteiger partial charge in [-0.1, -0.05) is 0 Å². The second-order valence-electron chi connectivity index (χ2n) is 6.62. The third-order valence-electron chi connectivity index (χ3n) is 4.37. The van der Waals surface area contributed by atoms with Crippen molar-refractivity contribution in [2.24, 2.45) is 0 Å². The van der Waals surface area contributed by atoms with Crippen LogP contribution in [0.5, 0.6) is 23.0 Å². The Bertz CT molecular complexity index is 985. The van der Waals surface area contributed by atoms with Crippen molar-refractivity contribution >= 4 is 17.1 Å². The van der Waals surface area contributed by atoms with Crippen molar-refractivity contribution in [3.05, 3.63) is 50.6 Å². The SMILES string of the molecule is Nc1cc2c(cc1[N+](=O)[O-])OCCOCCOc1cc([N+](=O)[O-])ccc1OCCOCCO2. The second kappa shape index (κ2) is 11.7. The number of nitrogens with zero attached hydrogens (tertiary/aromatic N) is 2. The van der Waals surface area contributed by atoms with Crippen LogP contribution in [0.2, 0.25) is 0 Å². The normalized spacial score (nSPS) is 15.6. The van der Waals surface area contributed by atoms with Crippen LogP contribution in [0.25, 0.3) is 0 Å². The Morgan fingerprint density at radius 1 is 0.636 bits per heavy atom. The maximum atomic E-state index is 11.2. The first kappa shape index (κ1) is 23.8. The Labute approximate surface area is 188 Å². The highest BCUT2D eigenvalue weighted by molar-refractivity contribution is 5.65. The van der Waals surface area contributed by atoms with Gasteiger partial charge in [0.2, 0.25) is 0 Å². The van der Waals surface area contributed by atoms with Crippen LogP contribution >= 0.6 is 0 Å². The molecular formula is C20H23N3O10. The molecule has 33 heavy (non-hydrogen) atoms. The van der Waals surface area contributed by atoms with Gasteiger partial charge in [0.1, 0.15) is 32.1 Å². The van der Waals surface area contributed by atoms with Crippen LogP contribution in [0.3, 0.4) is 0 Å². The fourth-order valence-electron chi connectivity index (χ4n) is 2.84. The van der Waals surface area contributed by atoms with E-state index in [0.29, 0.717) is 5.75 Å². The molecular weight excluding hydrogens is 442 g/mol. The molecule has 0 aromatic heterocycles. The van der Waals surface area contributed by atoms with Crippen LogP contribution in [-0.4, -0.2) is 62.7 Å². The van der Waals surface area contributed by atoms with Crippen LogP contribution in [0.1, 0.15) is 0 Å². The molecule has 3 rings (SSSR count). The summed E-state index contributed by atoms with van der Waals surface area (Å²) >= 11 is 0. The molecule has 178 valence electrons. The number of hydrogen-bond donors (Lipinski definition) is 1. The van der Waals surface area contributed by atoms with E-state index in [0.717, 1.165) is 0 Å². The standard InChI is InChI=1S/C20H23N3O10/c21-15-12-19-20(13-16(15)23(26)27)33-10-6-29-4-8-31-18-11-14(22(24)25)1-2-17(18)30-7-3-28-5-9-32-19/h1-2,11-13H,3-10,21H2. The fourth-order valence-corrected chi connectivity index (χ4v) is 2.84. The van der Waals surface area contributed by atoms with E-state index in [2.05, 4.69) is 0 Å². The lowest BCUT2D eigenvalue weighted by Crippen LogP contribution is -2.15. The molecule has 0 radical (unpaired) electrons. The first-order valence-corrected chi connectivity index (χ1v) is 9.98. The first-order chi connectivity index (χ1) is 16.0. The number of non-ortho nitro benzene ring substituents is 1. The molecule has 1 aliphatic rings. The van der Waals surface area contributed by atoms with Gasteiger partial charge in [-0.2, -0.15) is 0 Å². The van der Waals surface area contributed by atoms with Gasteiger partial charge in [-0.05, 0) is 6.07 Å². The highest BCUT2D eigenvalue weighted by Crippen LogP contribution is 2.36. The summed E-state index contributed by atoms with van der Waals surface area (Å²) in [6.45, 7) is 1.23. The average molecular weight is 465 g/mol. The van der Waals surface area contributed by atoms with Crippen LogP contribution in [0, 0.1) is 20.2 Å². The topological polar surface area (TPSA) is 168 Å². The summed E-state index contributed by atoms with van der Waals surface area (Å²) in [5, 5.41) is 22.2. The van der Waals surface area contributed by atoms with Gasteiger partial charge in [0.25, 0.3) is 11.4 Å². The number of nitrogens with two attached hydrogens (primary N) is 1. The van der Waals surface area contributed by atoms with Gasteiger partial charge < -0.3 is 34.2 Å². The maximum Gasteiger partial charge on any atom is 0.296 e. The van der Waals surface area contributed by atoms with Crippen molar-refractivity contribution in [1.82, 2.24) is 0 Å². The Hall–Kier alpha value is -3.84. The zero-order valence-electron chi connectivity index (χ0n) is 17.6. The molecule has 0 bridgehead atoms. The molecule has 2 aromatic carbocycles. The summed E-state index contributed by atoms with van der Waals surface area (Å²) in [5.41, 5.74) is 5.27. The third kappa shape index (κ3) is 6.82. The Morgan fingerprint density at radius 2 is 1.12 bits per heavy atom. The number of rotatable bonds is 2. The van der Waals surface area contributed by atoms with E-state index < -0.39 is 9.85 Å². The Balaban J connectivity index is 1.67. The molecule has 13 nitrogen and oxygen atoms in total. The number of nitro benzene ring substituents is 2. The predicted molar refractivity (Wildman–Crippen MR) is 114 cm³/mol. The minimum absolute atomic E-state index is 0.0499. The Kier molecular flexibility index (Phi) is 8.43. The lowest BCUT2D eigenvalue weighted by molar-refractivity contribution is -0.385. The summed E-state index contributed by atoms with van der Waals surface area (Å²) in [4.78, 5) is 21.1. The van der Waals surface area contributed by atoms with E-state index >= 15 is 0 Å². The molecule has 0 saturated heterocycles. The van der Waals surface area contributed by atoms with Crippen molar-refractivity contribution in [1.29, 1.82) is 0 Å². The van der Waals surface area contributed by atoms with Crippen molar-refractivity contribution in [3.63, 3.8) is 0 Å². The smallest absolute Gasteiger partial charge is 0.296 e. The summed E-state index contributed by atoms with van der Waals surface area (Å²) in [7, 11) is 0. The zero-order chi connectivity index (χ0) is 23.6. The van der Waals surface area contributed by atoms with E-state index in [1.165, 1.54) is 30.3 Å². The minimum atomic E-state index is -0.608. The highest BCUT2D eigenvalue weighted by atomic mass is 16.6. The van der Waals surface area contributed by atoms with Crippen molar-refractivity contribution in [2.45, 2.75) is 0 Å². The van der Waals surface area contributed by atoms with E-state index in [1.807, 2.05) is 0 Å². The second-order valence-corrected chi connectivity index (χ2v) is 6.62. The number of anilines is 1. The minimum Gasteiger partial charge on any atom is -0.487 e. The molecule has 2 N–H and O–H groups in total. The van der Waals surface area contributed by atoms with Crippen molar-refractivity contribution in [3.8, 4) is 23.0 Å². The zero-order valence-corrected chi connectivity index (χ0v) is 17.6. The summed E-state index contributed by atoms with van der Waals surface area (Å²) in [6, 6.07) is 6.60. The quantitative estimate of drug-likeness (QED) is 0.392. The van der Waals surface area contributed by atoms with E-state index in [4.69, 9.17) is 34.2 Å². The summed E-state index contributed by atoms with van der Waals surface area (Å²) < 4.78 is 33.3. The van der Waals surface area contributed by atoms with Gasteiger partial charge >= 0.3 is 0 Å². The monoisotopic (exact) mass is 465 g/mol. The lowest BCUT2D eigenvalue weighted by atomic mass is 10.2. The molecule has 0 amide bonds. The molecule has 0 fully saturated rings. The van der Waals surface area contributed by atoms with Gasteiger partial charge in [-0.25, -0.2) is 0 Å². The van der Waals surface area contributed by atoms with Crippen LogP contribution in [0.15, 0.2) is 30.3 Å². The lowest BCUT2D eigenvalue weighted by Gasteiger charge is -2.15. The molecule has 2 aromatic rings. The van der Waals surface area contributed by atoms with Crippen LogP contribution in [-0.2, 0) is 9.47 Å². The predicted octanol–water partition coefficient (Wildman–Crippen LogP) is 2.35. The third-order valence-corrected chi connectivity index (χ3v) is 4.37. The molecule has 0 spiro atoms. The fraction of sp³-hybridized carbons (Fsp3) is 0.400. The van der Waals surface area contributed by atoms with Gasteiger partial charge in [0.15, 0.2) is 23.0 Å². The number of nitrogen functional groups attached to an aromatic ring is 1. The molecule has 13 heteroatoms. The number of fused-ring (bicyclic) bond motifs is 2. The van der Waals surface area contributed by atoms with Crippen molar-refractivity contribution < 1.29 is 38.3 Å². The number of benzene rings is 2. The summed E-state index contributed by atoms with van der Waals surface area (Å²) in [5.74, 6) is 0.961. The van der Waals surface area contributed by atoms with E-state index in [1.54, 1.807) is 0 Å². The maximum absolute atomic E-state index is 11.2. The van der Waals surface area contributed by atoms with Gasteiger partial charge in [0.05, 0.1) is 48.4 Å². The molecule has 0 aliphatic carbocycles. The molecule has 1 aliphatic heterocycles. The molecule has 0 unspecified atom stereocenters. The average Bonchev–Trinajstić information content (AvgIpc) is 2.78. The number of hydrogen-bond acceptors (Lipinski definition) is 11. The molecule has 0 atom stereocenters. The molecule has 0 saturated carbocycles. The van der Waals surface area contributed by atoms with Crippen LogP contribution < -0.4 is 24.7 Å². The molecule has 1 heterocycles. The van der Waals surface area contributed by atoms with E-state index in [-0.39, 0.29) is 87.2 Å². The number of nitro groups is 2. The van der Waals surface area contributed by atoms with Gasteiger partial charge in [-0.15, -0.1) is 0 Å². The largest absolute Gasteiger partial charge is 0.487 e. The van der Waals surface area contributed by atoms with Gasteiger partial charge in [-0.3, -0.25) is 20.2 Å². The first-order valence-electron chi connectivity index (χ1n) is 9.98. The summed E-state index contributed by atoms with van der Waals surface area (Å²) in [6.07, 6.45) is 0. The van der Waals surface area contributed by atoms with Crippen LogP contribution in [0.4, 0.5) is 17.1 Å². The van der Waals surface area contributed by atoms with Crippen molar-refractivity contribution in [2.75, 3.05) is 58.6 Å². The Morgan fingerprint density at radius 3 is 1.64 bits per heavy atom.